The largest absolute Gasteiger partial charge is 0.480 e. The first-order valence-corrected chi connectivity index (χ1v) is 27.7. The second-order valence-corrected chi connectivity index (χ2v) is 21.0. The molecule has 22 N–H and O–H groups in total. The number of nitrogens with one attached hydrogen (secondary N) is 6. The zero-order valence-corrected chi connectivity index (χ0v) is 47.1. The van der Waals surface area contributed by atoms with Gasteiger partial charge in [0.25, 0.3) is 0 Å². The van der Waals surface area contributed by atoms with Crippen LogP contribution in [0, 0.1) is 5.92 Å². The normalized spacial score (nSPS) is 17.7. The van der Waals surface area contributed by atoms with Gasteiger partial charge in [0.05, 0.1) is 18.7 Å². The molecule has 8 amide bonds. The second kappa shape index (κ2) is 34.0. The Morgan fingerprint density at radius 3 is 1.59 bits per heavy atom. The summed E-state index contributed by atoms with van der Waals surface area (Å²) in [6.45, 7) is 3.29. The lowest BCUT2D eigenvalue weighted by Gasteiger charge is -2.33. The molecule has 0 bridgehead atoms. The van der Waals surface area contributed by atoms with Crippen LogP contribution in [0.15, 0.2) is 75.6 Å². The predicted octanol–water partition coefficient (Wildman–Crippen LogP) is -4.42. The number of nitrogens with two attached hydrogens (primary N) is 7. The molecule has 29 nitrogen and oxygen atoms in total. The first-order chi connectivity index (χ1) is 39.4. The molecule has 2 saturated heterocycles. The number of aliphatic hydroxyl groups excluding tert-OH is 1. The van der Waals surface area contributed by atoms with Crippen molar-refractivity contribution in [2.24, 2.45) is 61.0 Å². The van der Waals surface area contributed by atoms with Crippen LogP contribution in [0.3, 0.4) is 0 Å². The van der Waals surface area contributed by atoms with Gasteiger partial charge in [-0.25, -0.2) is 4.79 Å². The number of aliphatic carboxylic acids is 1. The molecule has 0 unspecified atom stereocenters. The lowest BCUT2D eigenvalue weighted by atomic mass is 9.99. The van der Waals surface area contributed by atoms with Crippen molar-refractivity contribution in [2.45, 2.75) is 145 Å². The number of amides is 8. The lowest BCUT2D eigenvalue weighted by molar-refractivity contribution is -0.148. The molecule has 2 aromatic rings. The number of likely N-dealkylation sites (tertiary alicyclic amines) is 2. The topological polar surface area (TPSA) is 492 Å². The number of nitrogens with zero attached hydrogens (tertiary/aromatic N) is 5. The fraction of sp³-hybridized carbons (Fsp3) is 0.556. The first kappa shape index (κ1) is 66.9. The number of benzene rings is 2. The number of carboxylic acids is 1. The summed E-state index contributed by atoms with van der Waals surface area (Å²) in [5, 5.41) is 36.6. The molecule has 2 aliphatic heterocycles. The summed E-state index contributed by atoms with van der Waals surface area (Å²) >= 11 is 0. The highest BCUT2D eigenvalue weighted by molar-refractivity contribution is 5.98. The summed E-state index contributed by atoms with van der Waals surface area (Å²) < 4.78 is 0. The van der Waals surface area contributed by atoms with Crippen LogP contribution < -0.4 is 72.0 Å². The highest BCUT2D eigenvalue weighted by Crippen LogP contribution is 2.27. The van der Waals surface area contributed by atoms with Crippen LogP contribution >= 0.6 is 0 Å². The first-order valence-electron chi connectivity index (χ1n) is 27.7. The van der Waals surface area contributed by atoms with Crippen molar-refractivity contribution in [1.29, 1.82) is 0 Å². The van der Waals surface area contributed by atoms with E-state index in [0.29, 0.717) is 24.0 Å². The van der Waals surface area contributed by atoms with E-state index in [1.54, 1.807) is 60.7 Å². The van der Waals surface area contributed by atoms with Gasteiger partial charge in [-0.15, -0.1) is 0 Å². The molecular weight excluding hydrogens is 1080 g/mol. The highest BCUT2D eigenvalue weighted by Gasteiger charge is 2.46. The number of carboxylic acid groups (broad SMARTS) is 1. The molecule has 83 heavy (non-hydrogen) atoms. The Kier molecular flexibility index (Phi) is 27.4. The van der Waals surface area contributed by atoms with Gasteiger partial charge in [-0.1, -0.05) is 74.5 Å². The predicted molar refractivity (Wildman–Crippen MR) is 309 cm³/mol. The lowest BCUT2D eigenvalue weighted by Crippen LogP contribution is -2.59. The molecule has 0 aliphatic carbocycles. The van der Waals surface area contributed by atoms with Crippen molar-refractivity contribution >= 4 is 71.1 Å². The van der Waals surface area contributed by atoms with Gasteiger partial charge in [-0.3, -0.25) is 53.3 Å². The Balaban J connectivity index is 1.49. The fourth-order valence-corrected chi connectivity index (χ4v) is 9.60. The van der Waals surface area contributed by atoms with Crippen LogP contribution in [0.1, 0.15) is 89.2 Å². The number of carbonyl (C=O) groups excluding carboxylic acids is 8. The van der Waals surface area contributed by atoms with Gasteiger partial charge in [-0.2, -0.15) is 0 Å². The number of β-amino-alcohol motifs (C(OH)–C–C–N with tert-alkyl or cyclic N) is 1. The van der Waals surface area contributed by atoms with Gasteiger partial charge in [0.1, 0.15) is 42.3 Å². The van der Waals surface area contributed by atoms with Crippen LogP contribution in [-0.4, -0.2) is 185 Å². The summed E-state index contributed by atoms with van der Waals surface area (Å²) in [6, 6.07) is 7.59. The maximum absolute atomic E-state index is 14.4. The van der Waals surface area contributed by atoms with Crippen LogP contribution in [0.5, 0.6) is 0 Å². The minimum atomic E-state index is -1.35. The van der Waals surface area contributed by atoms with Gasteiger partial charge < -0.3 is 92.0 Å². The van der Waals surface area contributed by atoms with Gasteiger partial charge in [0.15, 0.2) is 17.9 Å². The van der Waals surface area contributed by atoms with E-state index in [9.17, 15) is 53.4 Å². The fourth-order valence-electron chi connectivity index (χ4n) is 9.60. The summed E-state index contributed by atoms with van der Waals surface area (Å²) in [6.07, 6.45) is 0.343. The van der Waals surface area contributed by atoms with Gasteiger partial charge in [-0.05, 0) is 74.8 Å². The zero-order chi connectivity index (χ0) is 61.2. The van der Waals surface area contributed by atoms with Crippen LogP contribution in [-0.2, 0) is 56.0 Å². The van der Waals surface area contributed by atoms with Crippen molar-refractivity contribution in [2.75, 3.05) is 39.3 Å². The summed E-state index contributed by atoms with van der Waals surface area (Å²) in [5.41, 5.74) is 39.9. The van der Waals surface area contributed by atoms with Crippen molar-refractivity contribution in [3.8, 4) is 0 Å². The molecule has 0 spiro atoms. The Labute approximate surface area is 482 Å². The molecule has 2 fully saturated rings. The number of aliphatic imine (C=N–C) groups is 3. The van der Waals surface area contributed by atoms with E-state index >= 15 is 0 Å². The quantitative estimate of drug-likeness (QED) is 0.0182. The van der Waals surface area contributed by atoms with Crippen LogP contribution in [0.4, 0.5) is 0 Å². The second-order valence-electron chi connectivity index (χ2n) is 21.0. The van der Waals surface area contributed by atoms with E-state index in [1.807, 2.05) is 13.8 Å². The minimum absolute atomic E-state index is 0.0187. The molecule has 0 saturated carbocycles. The summed E-state index contributed by atoms with van der Waals surface area (Å²) in [7, 11) is 0. The third-order valence-electron chi connectivity index (χ3n) is 13.7. The Hall–Kier alpha value is -8.60. The molecule has 29 heteroatoms. The van der Waals surface area contributed by atoms with Crippen LogP contribution in [0.25, 0.3) is 0 Å². The SMILES string of the molecule is CC(C)C[C@H](NC(=O)[C@@H](Cc1ccccc1)NC(=O)[C@H](Cc1ccccc1)NC(=O)CNC(=O)[C@@H]1C[C@H](O)CN1C(=O)[C@@H]1CCCN1C(=O)[C@H](CCCN=C(N)N)NC(=O)[C@H](N)CCCN=C(N)N)C(=O)N[C@@H](CCCN=C(N)N)C(=O)O. The maximum Gasteiger partial charge on any atom is 0.326 e. The molecule has 2 aliphatic rings. The number of guanidine groups is 3. The molecular formula is C54H84N18O11. The number of carbonyl (C=O) groups is 9. The zero-order valence-electron chi connectivity index (χ0n) is 47.1. The third-order valence-corrected chi connectivity index (χ3v) is 13.7. The van der Waals surface area contributed by atoms with E-state index in [4.69, 9.17) is 40.1 Å². The summed E-state index contributed by atoms with van der Waals surface area (Å²) in [4.78, 5) is 139. The highest BCUT2D eigenvalue weighted by atomic mass is 16.4. The van der Waals surface area contributed by atoms with Gasteiger partial charge in [0, 0.05) is 52.0 Å². The molecule has 2 heterocycles. The number of hydrogen-bond donors (Lipinski definition) is 15. The van der Waals surface area contributed by atoms with Crippen LogP contribution in [0.2, 0.25) is 0 Å². The maximum atomic E-state index is 14.4. The molecule has 456 valence electrons. The molecule has 0 radical (unpaired) electrons. The standard InChI is InChI=1S/C54H84N18O11/c1-31(2)25-38(45(76)68-37(51(82)83)19-11-23-64-54(60)61)69-47(78)40(27-33-15-7-4-8-16-33)70-46(77)39(26-32-13-5-3-6-14-32)66-43(74)29-65-48(79)42-28-34(73)30-72(42)50(81)41-20-12-24-71(41)49(80)36(18-10-22-63-53(58)59)67-44(75)35(55)17-9-21-62-52(56)57/h3-8,13-16,31,34-42,73H,9-12,17-30,55H2,1-2H3,(H,65,79)(H,66,74)(H,67,75)(H,68,76)(H,69,78)(H,70,77)(H,82,83)(H4,56,57,62)(H4,58,59,63)(H4,60,61,64)/t34-,35+,36-,37-,38-,39-,40+,41-,42-/m0/s1. The Morgan fingerprint density at radius 1 is 0.602 bits per heavy atom. The number of rotatable bonds is 33. The number of hydrogen-bond acceptors (Lipinski definition) is 14. The van der Waals surface area contributed by atoms with E-state index in [1.165, 1.54) is 4.90 Å². The summed E-state index contributed by atoms with van der Waals surface area (Å²) in [5.74, 6) is -7.74. The van der Waals surface area contributed by atoms with Gasteiger partial charge >= 0.3 is 5.97 Å². The molecule has 9 atom stereocenters. The average molecular weight is 1160 g/mol. The monoisotopic (exact) mass is 1160 g/mol. The smallest absolute Gasteiger partial charge is 0.326 e. The minimum Gasteiger partial charge on any atom is -0.480 e. The third kappa shape index (κ3) is 23.1. The van der Waals surface area contributed by atoms with E-state index in [-0.39, 0.29) is 121 Å². The average Bonchev–Trinajstić information content (AvgIpc) is 3.84. The Morgan fingerprint density at radius 2 is 1.07 bits per heavy atom. The molecule has 4 rings (SSSR count). The van der Waals surface area contributed by atoms with Crippen molar-refractivity contribution in [3.63, 3.8) is 0 Å². The van der Waals surface area contributed by atoms with Crippen molar-refractivity contribution in [3.05, 3.63) is 71.8 Å². The van der Waals surface area contributed by atoms with Crippen molar-refractivity contribution < 1.29 is 53.4 Å². The molecule has 2 aromatic carbocycles. The van der Waals surface area contributed by atoms with Gasteiger partial charge in [0.2, 0.25) is 47.3 Å². The van der Waals surface area contributed by atoms with E-state index in [0.717, 1.165) is 4.90 Å². The van der Waals surface area contributed by atoms with E-state index < -0.39 is 114 Å². The van der Waals surface area contributed by atoms with Crippen molar-refractivity contribution in [1.82, 2.24) is 41.7 Å². The Bertz CT molecular complexity index is 2600. The number of aliphatic hydroxyl groups is 1. The molecule has 0 aromatic heterocycles. The van der Waals surface area contributed by atoms with E-state index in [2.05, 4.69) is 46.9 Å².